The predicted molar refractivity (Wildman–Crippen MR) is 43.1 cm³/mol. The summed E-state index contributed by atoms with van der Waals surface area (Å²) in [7, 11) is 0. The summed E-state index contributed by atoms with van der Waals surface area (Å²) in [5.74, 6) is 0.225. The van der Waals surface area contributed by atoms with Crippen LogP contribution in [0.2, 0.25) is 5.15 Å². The summed E-state index contributed by atoms with van der Waals surface area (Å²) in [6.45, 7) is 2.96. The van der Waals surface area contributed by atoms with E-state index in [-0.39, 0.29) is 11.0 Å². The third-order valence-corrected chi connectivity index (χ3v) is 1.23. The third-order valence-electron chi connectivity index (χ3n) is 1.03. The Morgan fingerprint density at radius 1 is 1.58 bits per heavy atom. The van der Waals surface area contributed by atoms with Gasteiger partial charge in [-0.15, -0.1) is 0 Å². The summed E-state index contributed by atoms with van der Waals surface area (Å²) >= 11 is 5.59. The van der Waals surface area contributed by atoms with Crippen molar-refractivity contribution < 1.29 is 9.53 Å². The van der Waals surface area contributed by atoms with Crippen LogP contribution in [-0.2, 0) is 4.79 Å². The Bertz CT molecular complexity index is 294. The molecule has 12 heavy (non-hydrogen) atoms. The average molecular weight is 187 g/mol. The lowest BCUT2D eigenvalue weighted by Crippen LogP contribution is -2.04. The minimum atomic E-state index is -0.427. The number of esters is 1. The van der Waals surface area contributed by atoms with E-state index >= 15 is 0 Å². The maximum atomic E-state index is 10.5. The molecule has 4 nitrogen and oxygen atoms in total. The maximum Gasteiger partial charge on any atom is 0.309 e. The van der Waals surface area contributed by atoms with E-state index in [1.165, 1.54) is 13.0 Å². The number of carbonyl (C=O) groups excluding carboxylic acids is 1. The molecule has 0 N–H and O–H groups in total. The fourth-order valence-electron chi connectivity index (χ4n) is 0.705. The van der Waals surface area contributed by atoms with E-state index in [1.807, 2.05) is 0 Å². The minimum Gasteiger partial charge on any atom is -0.407 e. The molecule has 1 rings (SSSR count). The van der Waals surface area contributed by atoms with Gasteiger partial charge >= 0.3 is 5.97 Å². The van der Waals surface area contributed by atoms with Crippen LogP contribution in [0.25, 0.3) is 0 Å². The van der Waals surface area contributed by atoms with Crippen molar-refractivity contribution in [3.63, 3.8) is 0 Å². The molecule has 0 amide bonds. The van der Waals surface area contributed by atoms with Gasteiger partial charge in [0.05, 0.1) is 0 Å². The first-order valence-electron chi connectivity index (χ1n) is 3.27. The second kappa shape index (κ2) is 3.49. The molecule has 0 aliphatic carbocycles. The van der Waals surface area contributed by atoms with Crippen molar-refractivity contribution in [2.24, 2.45) is 0 Å². The molecule has 5 heteroatoms. The first kappa shape index (κ1) is 8.93. The molecule has 0 aromatic carbocycles. The van der Waals surface area contributed by atoms with Crippen LogP contribution in [0.1, 0.15) is 12.7 Å². The molecule has 1 aromatic heterocycles. The number of aryl methyl sites for hydroxylation is 1. The first-order valence-corrected chi connectivity index (χ1v) is 3.65. The molecule has 0 radical (unpaired) electrons. The minimum absolute atomic E-state index is 0.181. The van der Waals surface area contributed by atoms with E-state index in [9.17, 15) is 4.79 Å². The number of carbonyl (C=O) groups is 1. The molecular formula is C7H7ClN2O2. The summed E-state index contributed by atoms with van der Waals surface area (Å²) in [6.07, 6.45) is 0. The largest absolute Gasteiger partial charge is 0.407 e. The van der Waals surface area contributed by atoms with Gasteiger partial charge in [-0.1, -0.05) is 11.6 Å². The summed E-state index contributed by atoms with van der Waals surface area (Å²) < 4.78 is 4.70. The molecule has 0 aliphatic heterocycles. The molecular weight excluding hydrogens is 180 g/mol. The van der Waals surface area contributed by atoms with Crippen LogP contribution in [-0.4, -0.2) is 15.9 Å². The Kier molecular flexibility index (Phi) is 2.60. The van der Waals surface area contributed by atoms with Gasteiger partial charge in [0.25, 0.3) is 0 Å². The highest BCUT2D eigenvalue weighted by molar-refractivity contribution is 6.29. The molecule has 0 saturated carbocycles. The Labute approximate surface area is 74.5 Å². The Morgan fingerprint density at radius 3 is 2.75 bits per heavy atom. The summed E-state index contributed by atoms with van der Waals surface area (Å²) in [6, 6.07) is 1.38. The van der Waals surface area contributed by atoms with Crippen molar-refractivity contribution in [3.05, 3.63) is 17.0 Å². The summed E-state index contributed by atoms with van der Waals surface area (Å²) in [5, 5.41) is 0.263. The predicted octanol–water partition coefficient (Wildman–Crippen LogP) is 1.36. The second-order valence-electron chi connectivity index (χ2n) is 2.17. The van der Waals surface area contributed by atoms with Crippen LogP contribution < -0.4 is 4.74 Å². The van der Waals surface area contributed by atoms with Gasteiger partial charge in [-0.25, -0.2) is 4.98 Å². The van der Waals surface area contributed by atoms with Gasteiger partial charge in [0.1, 0.15) is 11.0 Å². The normalized spacial score (nSPS) is 9.58. The number of hydrogen-bond acceptors (Lipinski definition) is 4. The number of aromatic nitrogens is 2. The molecule has 0 bridgehead atoms. The second-order valence-corrected chi connectivity index (χ2v) is 2.56. The van der Waals surface area contributed by atoms with Gasteiger partial charge in [-0.2, -0.15) is 4.98 Å². The topological polar surface area (TPSA) is 52.1 Å². The van der Waals surface area contributed by atoms with Gasteiger partial charge in [-0.05, 0) is 6.92 Å². The molecule has 0 aliphatic rings. The standard InChI is InChI=1S/C7H7ClN2O2/c1-4-9-6(8)3-7(10-4)12-5(2)11/h3H,1-2H3. The Hall–Kier alpha value is -1.16. The first-order chi connectivity index (χ1) is 5.58. The van der Waals surface area contributed by atoms with Crippen molar-refractivity contribution in [3.8, 4) is 5.88 Å². The van der Waals surface area contributed by atoms with E-state index in [2.05, 4.69) is 9.97 Å². The smallest absolute Gasteiger partial charge is 0.309 e. The molecule has 0 fully saturated rings. The molecule has 0 unspecified atom stereocenters. The molecule has 1 aromatic rings. The zero-order chi connectivity index (χ0) is 9.14. The van der Waals surface area contributed by atoms with Crippen LogP contribution in [0, 0.1) is 6.92 Å². The van der Waals surface area contributed by atoms with E-state index in [0.29, 0.717) is 5.82 Å². The SMILES string of the molecule is CC(=O)Oc1cc(Cl)nc(C)n1. The number of halogens is 1. The van der Waals surface area contributed by atoms with E-state index in [1.54, 1.807) is 6.92 Å². The van der Waals surface area contributed by atoms with Crippen molar-refractivity contribution in [2.45, 2.75) is 13.8 Å². The van der Waals surface area contributed by atoms with Gasteiger partial charge in [-0.3, -0.25) is 4.79 Å². The van der Waals surface area contributed by atoms with Crippen LogP contribution in [0.15, 0.2) is 6.07 Å². The average Bonchev–Trinajstić information content (AvgIpc) is 1.81. The molecule has 1 heterocycles. The monoisotopic (exact) mass is 186 g/mol. The third kappa shape index (κ3) is 2.47. The quantitative estimate of drug-likeness (QED) is 0.491. The fraction of sp³-hybridized carbons (Fsp3) is 0.286. The Balaban J connectivity index is 2.93. The summed E-state index contributed by atoms with van der Waals surface area (Å²) in [5.41, 5.74) is 0. The molecule has 0 spiro atoms. The lowest BCUT2D eigenvalue weighted by molar-refractivity contribution is -0.132. The van der Waals surface area contributed by atoms with Crippen molar-refractivity contribution >= 4 is 17.6 Å². The van der Waals surface area contributed by atoms with Crippen LogP contribution in [0.5, 0.6) is 5.88 Å². The van der Waals surface area contributed by atoms with Crippen molar-refractivity contribution in [1.29, 1.82) is 0 Å². The number of hydrogen-bond donors (Lipinski definition) is 0. The van der Waals surface area contributed by atoms with E-state index in [4.69, 9.17) is 16.3 Å². The van der Waals surface area contributed by atoms with Gasteiger partial charge in [0.2, 0.25) is 5.88 Å². The highest BCUT2D eigenvalue weighted by Crippen LogP contribution is 2.12. The molecule has 64 valence electrons. The van der Waals surface area contributed by atoms with Crippen LogP contribution >= 0.6 is 11.6 Å². The lowest BCUT2D eigenvalue weighted by Gasteiger charge is -2.00. The van der Waals surface area contributed by atoms with E-state index < -0.39 is 5.97 Å². The number of rotatable bonds is 1. The van der Waals surface area contributed by atoms with Crippen molar-refractivity contribution in [2.75, 3.05) is 0 Å². The molecule has 0 atom stereocenters. The zero-order valence-corrected chi connectivity index (χ0v) is 7.42. The van der Waals surface area contributed by atoms with E-state index in [0.717, 1.165) is 0 Å². The maximum absolute atomic E-state index is 10.5. The van der Waals surface area contributed by atoms with Crippen molar-refractivity contribution in [1.82, 2.24) is 9.97 Å². The van der Waals surface area contributed by atoms with Gasteiger partial charge in [0, 0.05) is 13.0 Å². The highest BCUT2D eigenvalue weighted by Gasteiger charge is 2.02. The number of nitrogens with zero attached hydrogens (tertiary/aromatic N) is 2. The summed E-state index contributed by atoms with van der Waals surface area (Å²) in [4.78, 5) is 18.2. The van der Waals surface area contributed by atoms with Gasteiger partial charge in [0.15, 0.2) is 0 Å². The van der Waals surface area contributed by atoms with Crippen LogP contribution in [0.3, 0.4) is 0 Å². The zero-order valence-electron chi connectivity index (χ0n) is 6.67. The number of ether oxygens (including phenoxy) is 1. The lowest BCUT2D eigenvalue weighted by atomic mass is 10.6. The highest BCUT2D eigenvalue weighted by atomic mass is 35.5. The van der Waals surface area contributed by atoms with Gasteiger partial charge < -0.3 is 4.74 Å². The molecule has 0 saturated heterocycles. The Morgan fingerprint density at radius 2 is 2.25 bits per heavy atom. The van der Waals surface area contributed by atoms with Crippen LogP contribution in [0.4, 0.5) is 0 Å². The fourth-order valence-corrected chi connectivity index (χ4v) is 0.921.